The van der Waals surface area contributed by atoms with Crippen molar-refractivity contribution in [3.05, 3.63) is 29.8 Å². The number of ether oxygens (including phenoxy) is 1. The predicted octanol–water partition coefficient (Wildman–Crippen LogP) is 1.05. The molecule has 0 aliphatic carbocycles. The van der Waals surface area contributed by atoms with E-state index in [1.807, 2.05) is 0 Å². The number of carbonyl (C=O) groups is 2. The van der Waals surface area contributed by atoms with Crippen LogP contribution in [-0.4, -0.2) is 35.5 Å². The van der Waals surface area contributed by atoms with Gasteiger partial charge in [0, 0.05) is 6.42 Å². The standard InChI is InChI=1S/C14H14ClNO4/c1-2-7-20-11-5-3-10(4-6-11)8-12(14(18)19)16-13(17)9-15/h1,3-6,12H,7-9H2,(H,16,17)(H,18,19). The lowest BCUT2D eigenvalue weighted by atomic mass is 10.1. The lowest BCUT2D eigenvalue weighted by Crippen LogP contribution is -2.42. The maximum Gasteiger partial charge on any atom is 0.326 e. The molecule has 1 aromatic carbocycles. The van der Waals surface area contributed by atoms with Gasteiger partial charge in [0.15, 0.2) is 0 Å². The number of alkyl halides is 1. The fourth-order valence-electron chi connectivity index (χ4n) is 1.52. The van der Waals surface area contributed by atoms with Gasteiger partial charge in [-0.25, -0.2) is 4.79 Å². The van der Waals surface area contributed by atoms with E-state index in [4.69, 9.17) is 27.9 Å². The summed E-state index contributed by atoms with van der Waals surface area (Å²) in [6, 6.07) is 5.80. The maximum atomic E-state index is 11.1. The molecule has 0 aliphatic heterocycles. The van der Waals surface area contributed by atoms with E-state index in [2.05, 4.69) is 11.2 Å². The van der Waals surface area contributed by atoms with Crippen LogP contribution in [0.2, 0.25) is 0 Å². The van der Waals surface area contributed by atoms with Crippen molar-refractivity contribution in [3.63, 3.8) is 0 Å². The van der Waals surface area contributed by atoms with E-state index in [9.17, 15) is 9.59 Å². The third kappa shape index (κ3) is 5.21. The predicted molar refractivity (Wildman–Crippen MR) is 74.8 cm³/mol. The number of aliphatic carboxylic acids is 1. The number of rotatable bonds is 7. The number of carbonyl (C=O) groups excluding carboxylic acids is 1. The zero-order valence-corrected chi connectivity index (χ0v) is 11.4. The molecule has 0 spiro atoms. The molecule has 0 aromatic heterocycles. The molecule has 1 unspecified atom stereocenters. The van der Waals surface area contributed by atoms with Crippen molar-refractivity contribution in [2.24, 2.45) is 0 Å². The smallest absolute Gasteiger partial charge is 0.326 e. The Balaban J connectivity index is 2.67. The van der Waals surface area contributed by atoms with Crippen molar-refractivity contribution < 1.29 is 19.4 Å². The van der Waals surface area contributed by atoms with Gasteiger partial charge in [-0.05, 0) is 17.7 Å². The average molecular weight is 296 g/mol. The summed E-state index contributed by atoms with van der Waals surface area (Å²) < 4.78 is 5.20. The van der Waals surface area contributed by atoms with Gasteiger partial charge in [0.25, 0.3) is 0 Å². The summed E-state index contributed by atoms with van der Waals surface area (Å²) in [5, 5.41) is 11.4. The normalized spacial score (nSPS) is 11.2. The van der Waals surface area contributed by atoms with Crippen LogP contribution in [0.3, 0.4) is 0 Å². The minimum Gasteiger partial charge on any atom is -0.481 e. The molecular weight excluding hydrogens is 282 g/mol. The Morgan fingerprint density at radius 2 is 2.05 bits per heavy atom. The van der Waals surface area contributed by atoms with Gasteiger partial charge in [0.2, 0.25) is 5.91 Å². The van der Waals surface area contributed by atoms with Gasteiger partial charge in [-0.15, -0.1) is 18.0 Å². The monoisotopic (exact) mass is 295 g/mol. The largest absolute Gasteiger partial charge is 0.481 e. The van der Waals surface area contributed by atoms with Gasteiger partial charge in [0.05, 0.1) is 0 Å². The van der Waals surface area contributed by atoms with E-state index in [1.54, 1.807) is 24.3 Å². The first-order chi connectivity index (χ1) is 9.56. The van der Waals surface area contributed by atoms with Gasteiger partial charge in [-0.1, -0.05) is 18.1 Å². The molecular formula is C14H14ClNO4. The third-order valence-corrected chi connectivity index (χ3v) is 2.68. The van der Waals surface area contributed by atoms with Crippen molar-refractivity contribution in [1.29, 1.82) is 0 Å². The van der Waals surface area contributed by atoms with E-state index in [1.165, 1.54) is 0 Å². The lowest BCUT2D eigenvalue weighted by molar-refractivity contribution is -0.141. The molecule has 5 nitrogen and oxygen atoms in total. The zero-order chi connectivity index (χ0) is 15.0. The minimum atomic E-state index is -1.11. The Labute approximate surface area is 121 Å². The number of halogens is 1. The highest BCUT2D eigenvalue weighted by Crippen LogP contribution is 2.13. The summed E-state index contributed by atoms with van der Waals surface area (Å²) >= 11 is 5.34. The highest BCUT2D eigenvalue weighted by atomic mass is 35.5. The SMILES string of the molecule is C#CCOc1ccc(CC(NC(=O)CCl)C(=O)O)cc1. The van der Waals surface area contributed by atoms with Crippen molar-refractivity contribution in [2.45, 2.75) is 12.5 Å². The van der Waals surface area contributed by atoms with Crippen LogP contribution in [-0.2, 0) is 16.0 Å². The fourth-order valence-corrected chi connectivity index (χ4v) is 1.59. The highest BCUT2D eigenvalue weighted by Gasteiger charge is 2.19. The molecule has 20 heavy (non-hydrogen) atoms. The number of benzene rings is 1. The molecule has 0 bridgehead atoms. The van der Waals surface area contributed by atoms with E-state index in [-0.39, 0.29) is 18.9 Å². The summed E-state index contributed by atoms with van der Waals surface area (Å²) in [4.78, 5) is 22.2. The fraction of sp³-hybridized carbons (Fsp3) is 0.286. The third-order valence-electron chi connectivity index (χ3n) is 2.44. The first-order valence-electron chi connectivity index (χ1n) is 5.80. The number of terminal acetylenes is 1. The number of nitrogens with one attached hydrogen (secondary N) is 1. The molecule has 1 amide bonds. The molecule has 1 aromatic rings. The summed E-state index contributed by atoms with van der Waals surface area (Å²) in [5.74, 6) is 1.04. The van der Waals surface area contributed by atoms with Gasteiger partial charge >= 0.3 is 5.97 Å². The van der Waals surface area contributed by atoms with Crippen LogP contribution in [0.25, 0.3) is 0 Å². The Morgan fingerprint density at radius 3 is 2.55 bits per heavy atom. The summed E-state index contributed by atoms with van der Waals surface area (Å²) in [5.41, 5.74) is 0.750. The first-order valence-corrected chi connectivity index (χ1v) is 6.33. The number of amides is 1. The lowest BCUT2D eigenvalue weighted by Gasteiger charge is -2.14. The molecule has 1 atom stereocenters. The number of hydrogen-bond acceptors (Lipinski definition) is 3. The highest BCUT2D eigenvalue weighted by molar-refractivity contribution is 6.27. The zero-order valence-electron chi connectivity index (χ0n) is 10.6. The van der Waals surface area contributed by atoms with Crippen molar-refractivity contribution in [1.82, 2.24) is 5.32 Å². The second-order valence-corrected chi connectivity index (χ2v) is 4.20. The van der Waals surface area contributed by atoms with E-state index in [0.29, 0.717) is 5.75 Å². The molecule has 0 saturated heterocycles. The molecule has 1 rings (SSSR count). The summed E-state index contributed by atoms with van der Waals surface area (Å²) in [7, 11) is 0. The van der Waals surface area contributed by atoms with Gasteiger partial charge in [-0.3, -0.25) is 4.79 Å². The van der Waals surface area contributed by atoms with E-state index >= 15 is 0 Å². The summed E-state index contributed by atoms with van der Waals surface area (Å²) in [6.45, 7) is 0.170. The van der Waals surface area contributed by atoms with Gasteiger partial charge in [0.1, 0.15) is 24.3 Å². The Hall–Kier alpha value is -2.19. The van der Waals surface area contributed by atoms with E-state index < -0.39 is 17.9 Å². The van der Waals surface area contributed by atoms with Gasteiger partial charge < -0.3 is 15.2 Å². The molecule has 2 N–H and O–H groups in total. The Morgan fingerprint density at radius 1 is 1.40 bits per heavy atom. The quantitative estimate of drug-likeness (QED) is 0.582. The maximum absolute atomic E-state index is 11.1. The van der Waals surface area contributed by atoms with Crippen molar-refractivity contribution in [2.75, 3.05) is 12.5 Å². The second-order valence-electron chi connectivity index (χ2n) is 3.93. The second kappa shape index (κ2) is 8.08. The molecule has 106 valence electrons. The summed E-state index contributed by atoms with van der Waals surface area (Å²) in [6.07, 6.45) is 5.23. The molecule has 0 fully saturated rings. The first kappa shape index (κ1) is 15.9. The van der Waals surface area contributed by atoms with E-state index in [0.717, 1.165) is 5.56 Å². The number of hydrogen-bond donors (Lipinski definition) is 2. The van der Waals surface area contributed by atoms with Gasteiger partial charge in [-0.2, -0.15) is 0 Å². The number of carboxylic acid groups (broad SMARTS) is 1. The molecule has 0 radical (unpaired) electrons. The molecule has 6 heteroatoms. The number of carboxylic acids is 1. The van der Waals surface area contributed by atoms with Crippen LogP contribution in [0, 0.1) is 12.3 Å². The topological polar surface area (TPSA) is 75.6 Å². The Bertz CT molecular complexity index is 507. The van der Waals surface area contributed by atoms with Crippen LogP contribution in [0.5, 0.6) is 5.75 Å². The van der Waals surface area contributed by atoms with Crippen LogP contribution in [0.15, 0.2) is 24.3 Å². The minimum absolute atomic E-state index is 0.160. The van der Waals surface area contributed by atoms with Crippen molar-refractivity contribution >= 4 is 23.5 Å². The van der Waals surface area contributed by atoms with Crippen LogP contribution < -0.4 is 10.1 Å². The van der Waals surface area contributed by atoms with Crippen LogP contribution >= 0.6 is 11.6 Å². The molecule has 0 aliphatic rings. The molecule has 0 saturated carbocycles. The van der Waals surface area contributed by atoms with Crippen LogP contribution in [0.1, 0.15) is 5.56 Å². The molecule has 0 heterocycles. The Kier molecular flexibility index (Phi) is 6.41. The average Bonchev–Trinajstić information content (AvgIpc) is 2.45. The van der Waals surface area contributed by atoms with Crippen molar-refractivity contribution in [3.8, 4) is 18.1 Å². The van der Waals surface area contributed by atoms with Crippen LogP contribution in [0.4, 0.5) is 0 Å².